The van der Waals surface area contributed by atoms with Crippen LogP contribution in [0.3, 0.4) is 0 Å². The summed E-state index contributed by atoms with van der Waals surface area (Å²) < 4.78 is 0.726. The number of hydrogen-bond donors (Lipinski definition) is 2. The van der Waals surface area contributed by atoms with Crippen molar-refractivity contribution in [1.29, 1.82) is 0 Å². The first-order chi connectivity index (χ1) is 12.1. The number of thioether (sulfide) groups is 1. The number of rotatable bonds is 6. The van der Waals surface area contributed by atoms with Crippen molar-refractivity contribution in [2.75, 3.05) is 16.4 Å². The Morgan fingerprint density at radius 2 is 2.04 bits per heavy atom. The summed E-state index contributed by atoms with van der Waals surface area (Å²) in [6, 6.07) is 15.1. The maximum atomic E-state index is 12.1. The van der Waals surface area contributed by atoms with Crippen molar-refractivity contribution >= 4 is 57.1 Å². The van der Waals surface area contributed by atoms with Crippen LogP contribution in [0.15, 0.2) is 52.9 Å². The molecule has 3 rings (SSSR count). The topological polar surface area (TPSA) is 66.9 Å². The van der Waals surface area contributed by atoms with Gasteiger partial charge in [-0.15, -0.1) is 10.2 Å². The average Bonchev–Trinajstić information content (AvgIpc) is 3.03. The number of hydrogen-bond acceptors (Lipinski definition) is 6. The van der Waals surface area contributed by atoms with Gasteiger partial charge in [-0.3, -0.25) is 4.79 Å². The summed E-state index contributed by atoms with van der Waals surface area (Å²) in [6.07, 6.45) is 0. The van der Waals surface area contributed by atoms with Crippen LogP contribution in [-0.4, -0.2) is 21.9 Å². The molecule has 0 fully saturated rings. The highest BCUT2D eigenvalue weighted by molar-refractivity contribution is 8.01. The highest BCUT2D eigenvalue weighted by Crippen LogP contribution is 2.28. The van der Waals surface area contributed by atoms with Gasteiger partial charge < -0.3 is 10.6 Å². The van der Waals surface area contributed by atoms with Crippen LogP contribution < -0.4 is 10.6 Å². The highest BCUT2D eigenvalue weighted by atomic mass is 35.5. The van der Waals surface area contributed by atoms with E-state index in [9.17, 15) is 4.79 Å². The van der Waals surface area contributed by atoms with Crippen molar-refractivity contribution in [3.05, 3.63) is 59.1 Å². The number of aryl methyl sites for hydroxylation is 1. The largest absolute Gasteiger partial charge is 0.330 e. The first kappa shape index (κ1) is 17.7. The number of anilines is 3. The van der Waals surface area contributed by atoms with Gasteiger partial charge in [0.25, 0.3) is 0 Å². The third-order valence-corrected chi connectivity index (χ3v) is 5.44. The van der Waals surface area contributed by atoms with Gasteiger partial charge >= 0.3 is 0 Å². The Bertz CT molecular complexity index is 884. The lowest BCUT2D eigenvalue weighted by Crippen LogP contribution is -2.14. The van der Waals surface area contributed by atoms with Crippen LogP contribution in [0.1, 0.15) is 5.56 Å². The van der Waals surface area contributed by atoms with Crippen LogP contribution >= 0.6 is 34.7 Å². The fraction of sp³-hybridized carbons (Fsp3) is 0.118. The summed E-state index contributed by atoms with van der Waals surface area (Å²) in [5.74, 6) is 0.207. The summed E-state index contributed by atoms with van der Waals surface area (Å²) in [4.78, 5) is 12.1. The van der Waals surface area contributed by atoms with E-state index in [0.717, 1.165) is 21.3 Å². The number of para-hydroxylation sites is 1. The van der Waals surface area contributed by atoms with E-state index in [1.165, 1.54) is 23.1 Å². The predicted octanol–water partition coefficient (Wildman–Crippen LogP) is 4.97. The van der Waals surface area contributed by atoms with E-state index >= 15 is 0 Å². The number of amides is 1. The molecule has 1 amide bonds. The van der Waals surface area contributed by atoms with E-state index < -0.39 is 0 Å². The summed E-state index contributed by atoms with van der Waals surface area (Å²) in [5.41, 5.74) is 2.70. The van der Waals surface area contributed by atoms with Crippen molar-refractivity contribution < 1.29 is 4.79 Å². The molecule has 1 aromatic heterocycles. The second-order valence-electron chi connectivity index (χ2n) is 5.16. The first-order valence-corrected chi connectivity index (χ1v) is 9.62. The van der Waals surface area contributed by atoms with E-state index in [1.807, 2.05) is 49.4 Å². The molecule has 1 heterocycles. The van der Waals surface area contributed by atoms with Gasteiger partial charge in [-0.1, -0.05) is 59.0 Å². The number of carbonyl (C=O) groups is 1. The lowest BCUT2D eigenvalue weighted by Gasteiger charge is -2.06. The maximum absolute atomic E-state index is 12.1. The maximum Gasteiger partial charge on any atom is 0.234 e. The minimum Gasteiger partial charge on any atom is -0.330 e. The van der Waals surface area contributed by atoms with Gasteiger partial charge in [0.05, 0.1) is 5.75 Å². The molecule has 8 heteroatoms. The molecule has 0 saturated heterocycles. The van der Waals surface area contributed by atoms with E-state index in [1.54, 1.807) is 6.07 Å². The monoisotopic (exact) mass is 390 g/mol. The van der Waals surface area contributed by atoms with Crippen molar-refractivity contribution in [3.8, 4) is 0 Å². The molecule has 0 aliphatic heterocycles. The van der Waals surface area contributed by atoms with Crippen LogP contribution in [0.4, 0.5) is 16.5 Å². The summed E-state index contributed by atoms with van der Waals surface area (Å²) in [7, 11) is 0. The fourth-order valence-electron chi connectivity index (χ4n) is 2.04. The van der Waals surface area contributed by atoms with Gasteiger partial charge in [-0.05, 0) is 36.8 Å². The molecule has 128 valence electrons. The smallest absolute Gasteiger partial charge is 0.234 e. The minimum atomic E-state index is -0.0705. The predicted molar refractivity (Wildman–Crippen MR) is 105 cm³/mol. The molecule has 0 saturated carbocycles. The number of aromatic nitrogens is 2. The van der Waals surface area contributed by atoms with Gasteiger partial charge in [0, 0.05) is 16.4 Å². The lowest BCUT2D eigenvalue weighted by atomic mass is 10.2. The Kier molecular flexibility index (Phi) is 5.91. The van der Waals surface area contributed by atoms with E-state index in [4.69, 9.17) is 11.6 Å². The van der Waals surface area contributed by atoms with E-state index in [2.05, 4.69) is 20.8 Å². The Labute approximate surface area is 158 Å². The van der Waals surface area contributed by atoms with Crippen LogP contribution in [0.5, 0.6) is 0 Å². The molecular weight excluding hydrogens is 376 g/mol. The molecule has 0 aliphatic carbocycles. The Morgan fingerprint density at radius 3 is 2.84 bits per heavy atom. The second-order valence-corrected chi connectivity index (χ2v) is 7.80. The number of benzene rings is 2. The average molecular weight is 391 g/mol. The van der Waals surface area contributed by atoms with Crippen LogP contribution in [0.25, 0.3) is 0 Å². The molecule has 2 N–H and O–H groups in total. The van der Waals surface area contributed by atoms with Gasteiger partial charge in [0.15, 0.2) is 4.34 Å². The third kappa shape index (κ3) is 5.19. The van der Waals surface area contributed by atoms with Crippen LogP contribution in [0.2, 0.25) is 5.02 Å². The van der Waals surface area contributed by atoms with Crippen molar-refractivity contribution in [1.82, 2.24) is 10.2 Å². The molecule has 0 aliphatic rings. The zero-order valence-electron chi connectivity index (χ0n) is 13.3. The number of nitrogens with one attached hydrogen (secondary N) is 2. The molecule has 3 aromatic rings. The Hall–Kier alpha value is -2.09. The van der Waals surface area contributed by atoms with E-state index in [-0.39, 0.29) is 11.7 Å². The molecule has 0 spiro atoms. The minimum absolute atomic E-state index is 0.0705. The normalized spacial score (nSPS) is 10.5. The number of carbonyl (C=O) groups excluding carboxylic acids is 1. The summed E-state index contributed by atoms with van der Waals surface area (Å²) >= 11 is 8.70. The quantitative estimate of drug-likeness (QED) is 0.581. The van der Waals surface area contributed by atoms with Crippen molar-refractivity contribution in [2.45, 2.75) is 11.3 Å². The van der Waals surface area contributed by atoms with Gasteiger partial charge in [-0.25, -0.2) is 0 Å². The third-order valence-electron chi connectivity index (χ3n) is 3.23. The summed E-state index contributed by atoms with van der Waals surface area (Å²) in [5, 5.41) is 15.5. The molecule has 0 radical (unpaired) electrons. The number of halogens is 1. The standard InChI is InChI=1S/C17H15ClN4OS2/c1-11-5-2-3-8-14(11)20-15(23)10-24-17-22-21-16(25-17)19-13-7-4-6-12(18)9-13/h2-9H,10H2,1H3,(H,19,21)(H,20,23). The first-order valence-electron chi connectivity index (χ1n) is 7.44. The molecule has 0 bridgehead atoms. The molecule has 25 heavy (non-hydrogen) atoms. The molecular formula is C17H15ClN4OS2. The lowest BCUT2D eigenvalue weighted by molar-refractivity contribution is -0.113. The zero-order chi connectivity index (χ0) is 17.6. The SMILES string of the molecule is Cc1ccccc1NC(=O)CSc1nnc(Nc2cccc(Cl)c2)s1. The molecule has 2 aromatic carbocycles. The van der Waals surface area contributed by atoms with Crippen molar-refractivity contribution in [3.63, 3.8) is 0 Å². The van der Waals surface area contributed by atoms with Gasteiger partial charge in [0.2, 0.25) is 11.0 Å². The van der Waals surface area contributed by atoms with Crippen molar-refractivity contribution in [2.24, 2.45) is 0 Å². The van der Waals surface area contributed by atoms with Gasteiger partial charge in [0.1, 0.15) is 0 Å². The van der Waals surface area contributed by atoms with Crippen LogP contribution in [0, 0.1) is 6.92 Å². The summed E-state index contributed by atoms with van der Waals surface area (Å²) in [6.45, 7) is 1.96. The number of nitrogens with zero attached hydrogens (tertiary/aromatic N) is 2. The van der Waals surface area contributed by atoms with E-state index in [0.29, 0.717) is 10.2 Å². The molecule has 0 unspecified atom stereocenters. The fourth-order valence-corrected chi connectivity index (χ4v) is 3.80. The Balaban J connectivity index is 1.53. The molecule has 5 nitrogen and oxygen atoms in total. The van der Waals surface area contributed by atoms with Crippen LogP contribution in [-0.2, 0) is 4.79 Å². The zero-order valence-corrected chi connectivity index (χ0v) is 15.7. The molecule has 0 atom stereocenters. The highest BCUT2D eigenvalue weighted by Gasteiger charge is 2.09. The second kappa shape index (κ2) is 8.33. The Morgan fingerprint density at radius 1 is 1.20 bits per heavy atom. The van der Waals surface area contributed by atoms with Gasteiger partial charge in [-0.2, -0.15) is 0 Å².